The van der Waals surface area contributed by atoms with Crippen LogP contribution in [-0.2, 0) is 14.8 Å². The first kappa shape index (κ1) is 23.6. The van der Waals surface area contributed by atoms with Gasteiger partial charge in [0.1, 0.15) is 12.4 Å². The molecule has 1 N–H and O–H groups in total. The van der Waals surface area contributed by atoms with Crippen LogP contribution in [0.5, 0.6) is 5.75 Å². The third kappa shape index (κ3) is 5.67. The molecule has 0 unspecified atom stereocenters. The molecule has 33 heavy (non-hydrogen) atoms. The average molecular weight is 487 g/mol. The van der Waals surface area contributed by atoms with E-state index >= 15 is 0 Å². The van der Waals surface area contributed by atoms with E-state index in [0.717, 1.165) is 15.7 Å². The molecule has 0 bridgehead atoms. The molecule has 0 aromatic heterocycles. The van der Waals surface area contributed by atoms with Gasteiger partial charge in [-0.3, -0.25) is 4.79 Å². The largest absolute Gasteiger partial charge is 0.492 e. The molecule has 1 amide bonds. The predicted molar refractivity (Wildman–Crippen MR) is 130 cm³/mol. The number of amides is 1. The number of thioether (sulfide) groups is 1. The van der Waals surface area contributed by atoms with Gasteiger partial charge in [0.15, 0.2) is 0 Å². The van der Waals surface area contributed by atoms with Crippen LogP contribution in [0.25, 0.3) is 10.8 Å². The molecule has 1 aliphatic rings. The van der Waals surface area contributed by atoms with Gasteiger partial charge in [0.05, 0.1) is 23.7 Å². The van der Waals surface area contributed by atoms with Gasteiger partial charge >= 0.3 is 0 Å². The molecule has 0 atom stereocenters. The number of ether oxygens (including phenoxy) is 2. The highest BCUT2D eigenvalue weighted by Gasteiger charge is 2.24. The Bertz CT molecular complexity index is 1240. The number of nitrogens with one attached hydrogen (secondary N) is 1. The second kappa shape index (κ2) is 10.6. The standard InChI is InChI=1S/C24H26N2O5S2/c1-32-23-9-8-21(17-22(23)24(27)26-11-14-30-15-12-26)33(28,29)25-10-13-31-20-7-6-18-4-2-3-5-19(18)16-20/h2-9,16-17,25H,10-15H2,1H3. The minimum atomic E-state index is -3.80. The molecule has 0 aliphatic carbocycles. The molecule has 1 saturated heterocycles. The zero-order chi connectivity index (χ0) is 23.3. The Kier molecular flexibility index (Phi) is 7.54. The van der Waals surface area contributed by atoms with Gasteiger partial charge in [-0.2, -0.15) is 0 Å². The maximum absolute atomic E-state index is 13.0. The molecule has 3 aromatic rings. The number of sulfonamides is 1. The molecule has 0 spiro atoms. The molecular weight excluding hydrogens is 460 g/mol. The lowest BCUT2D eigenvalue weighted by molar-refractivity contribution is 0.0300. The van der Waals surface area contributed by atoms with Crippen molar-refractivity contribution in [2.24, 2.45) is 0 Å². The minimum absolute atomic E-state index is 0.0580. The third-order valence-electron chi connectivity index (χ3n) is 5.39. The lowest BCUT2D eigenvalue weighted by Crippen LogP contribution is -2.41. The van der Waals surface area contributed by atoms with Crippen molar-refractivity contribution in [2.45, 2.75) is 9.79 Å². The second-order valence-electron chi connectivity index (χ2n) is 7.52. The quantitative estimate of drug-likeness (QED) is 0.388. The van der Waals surface area contributed by atoms with Crippen molar-refractivity contribution in [3.63, 3.8) is 0 Å². The highest BCUT2D eigenvalue weighted by atomic mass is 32.2. The number of carbonyl (C=O) groups excluding carboxylic acids is 1. The Hall–Kier alpha value is -2.59. The van der Waals surface area contributed by atoms with Gasteiger partial charge in [0.25, 0.3) is 5.91 Å². The van der Waals surface area contributed by atoms with Crippen LogP contribution in [0.1, 0.15) is 10.4 Å². The Morgan fingerprint density at radius 1 is 1.06 bits per heavy atom. The van der Waals surface area contributed by atoms with Crippen LogP contribution in [0, 0.1) is 0 Å². The lowest BCUT2D eigenvalue weighted by Gasteiger charge is -2.27. The summed E-state index contributed by atoms with van der Waals surface area (Å²) in [7, 11) is -3.80. The molecule has 1 aliphatic heterocycles. The van der Waals surface area contributed by atoms with Gasteiger partial charge < -0.3 is 14.4 Å². The Morgan fingerprint density at radius 3 is 2.58 bits per heavy atom. The summed E-state index contributed by atoms with van der Waals surface area (Å²) in [6.07, 6.45) is 1.86. The molecule has 7 nitrogen and oxygen atoms in total. The fourth-order valence-electron chi connectivity index (χ4n) is 3.64. The Balaban J connectivity index is 1.41. The monoisotopic (exact) mass is 486 g/mol. The molecule has 1 fully saturated rings. The van der Waals surface area contributed by atoms with Crippen molar-refractivity contribution in [3.05, 3.63) is 66.2 Å². The van der Waals surface area contributed by atoms with E-state index in [-0.39, 0.29) is 24.0 Å². The number of benzene rings is 3. The summed E-state index contributed by atoms with van der Waals surface area (Å²) in [6, 6.07) is 18.4. The first-order valence-corrected chi connectivity index (χ1v) is 13.3. The van der Waals surface area contributed by atoms with Crippen LogP contribution < -0.4 is 9.46 Å². The lowest BCUT2D eigenvalue weighted by atomic mass is 10.1. The van der Waals surface area contributed by atoms with E-state index in [1.165, 1.54) is 23.9 Å². The maximum atomic E-state index is 13.0. The fraction of sp³-hybridized carbons (Fsp3) is 0.292. The Morgan fingerprint density at radius 2 is 1.82 bits per heavy atom. The highest BCUT2D eigenvalue weighted by Crippen LogP contribution is 2.25. The van der Waals surface area contributed by atoms with E-state index in [2.05, 4.69) is 4.72 Å². The molecule has 3 aromatic carbocycles. The molecule has 0 radical (unpaired) electrons. The SMILES string of the molecule is CSc1ccc(S(=O)(=O)NCCOc2ccc3ccccc3c2)cc1C(=O)N1CCOCC1. The number of hydrogen-bond donors (Lipinski definition) is 1. The van der Waals surface area contributed by atoms with Crippen molar-refractivity contribution in [3.8, 4) is 5.75 Å². The number of carbonyl (C=O) groups is 1. The summed E-state index contributed by atoms with van der Waals surface area (Å²) in [5, 5.41) is 2.17. The fourth-order valence-corrected chi connectivity index (χ4v) is 5.25. The van der Waals surface area contributed by atoms with E-state index in [1.54, 1.807) is 11.0 Å². The van der Waals surface area contributed by atoms with Crippen molar-refractivity contribution in [2.75, 3.05) is 45.7 Å². The molecule has 4 rings (SSSR count). The van der Waals surface area contributed by atoms with Crippen LogP contribution in [0.3, 0.4) is 0 Å². The van der Waals surface area contributed by atoms with Crippen molar-refractivity contribution in [1.29, 1.82) is 0 Å². The van der Waals surface area contributed by atoms with Crippen LogP contribution in [0.4, 0.5) is 0 Å². The van der Waals surface area contributed by atoms with E-state index < -0.39 is 10.0 Å². The van der Waals surface area contributed by atoms with E-state index in [4.69, 9.17) is 9.47 Å². The zero-order valence-corrected chi connectivity index (χ0v) is 20.0. The summed E-state index contributed by atoms with van der Waals surface area (Å²) in [5.41, 5.74) is 0.389. The summed E-state index contributed by atoms with van der Waals surface area (Å²) < 4.78 is 39.3. The van der Waals surface area contributed by atoms with Crippen LogP contribution in [0.15, 0.2) is 70.5 Å². The predicted octanol–water partition coefficient (Wildman–Crippen LogP) is 3.39. The number of hydrogen-bond acceptors (Lipinski definition) is 6. The van der Waals surface area contributed by atoms with E-state index in [0.29, 0.717) is 37.6 Å². The summed E-state index contributed by atoms with van der Waals surface area (Å²) in [6.45, 7) is 2.24. The first-order valence-electron chi connectivity index (χ1n) is 10.6. The van der Waals surface area contributed by atoms with Crippen LogP contribution in [-0.4, -0.2) is 64.9 Å². The summed E-state index contributed by atoms with van der Waals surface area (Å²) in [4.78, 5) is 15.5. The molecule has 174 valence electrons. The maximum Gasteiger partial charge on any atom is 0.255 e. The zero-order valence-electron chi connectivity index (χ0n) is 18.3. The second-order valence-corrected chi connectivity index (χ2v) is 10.1. The Labute approximate surface area is 198 Å². The topological polar surface area (TPSA) is 84.9 Å². The van der Waals surface area contributed by atoms with E-state index in [1.807, 2.05) is 48.7 Å². The number of fused-ring (bicyclic) bond motifs is 1. The van der Waals surface area contributed by atoms with Crippen LogP contribution >= 0.6 is 11.8 Å². The van der Waals surface area contributed by atoms with Gasteiger partial charge in [0, 0.05) is 24.5 Å². The first-order chi connectivity index (χ1) is 16.0. The summed E-state index contributed by atoms with van der Waals surface area (Å²) >= 11 is 1.41. The molecule has 1 heterocycles. The van der Waals surface area contributed by atoms with Crippen molar-refractivity contribution >= 4 is 38.5 Å². The van der Waals surface area contributed by atoms with E-state index in [9.17, 15) is 13.2 Å². The number of morpholine rings is 1. The molecule has 0 saturated carbocycles. The van der Waals surface area contributed by atoms with Gasteiger partial charge in [-0.25, -0.2) is 13.1 Å². The van der Waals surface area contributed by atoms with Crippen LogP contribution in [0.2, 0.25) is 0 Å². The van der Waals surface area contributed by atoms with Crippen molar-refractivity contribution in [1.82, 2.24) is 9.62 Å². The normalized spacial score (nSPS) is 14.4. The number of rotatable bonds is 8. The van der Waals surface area contributed by atoms with Gasteiger partial charge in [-0.1, -0.05) is 30.3 Å². The molecule has 9 heteroatoms. The van der Waals surface area contributed by atoms with Gasteiger partial charge in [-0.05, 0) is 47.4 Å². The highest BCUT2D eigenvalue weighted by molar-refractivity contribution is 7.98. The van der Waals surface area contributed by atoms with Gasteiger partial charge in [0.2, 0.25) is 10.0 Å². The smallest absolute Gasteiger partial charge is 0.255 e. The summed E-state index contributed by atoms with van der Waals surface area (Å²) in [5.74, 6) is 0.495. The average Bonchev–Trinajstić information content (AvgIpc) is 2.86. The van der Waals surface area contributed by atoms with Crippen molar-refractivity contribution < 1.29 is 22.7 Å². The third-order valence-corrected chi connectivity index (χ3v) is 7.65. The number of nitrogens with zero attached hydrogens (tertiary/aromatic N) is 1. The minimum Gasteiger partial charge on any atom is -0.492 e. The van der Waals surface area contributed by atoms with Gasteiger partial charge in [-0.15, -0.1) is 11.8 Å². The molecular formula is C24H26N2O5S2.